The Bertz CT molecular complexity index is 589. The van der Waals surface area contributed by atoms with Gasteiger partial charge in [0.2, 0.25) is 0 Å². The maximum Gasteiger partial charge on any atom is 0.190 e. The maximum atomic E-state index is 4.82. The van der Waals surface area contributed by atoms with Crippen molar-refractivity contribution in [2.45, 2.75) is 45.1 Å². The number of nitrogens with zero attached hydrogens (tertiary/aromatic N) is 2. The lowest BCUT2D eigenvalue weighted by atomic mass is 9.95. The Balaban J connectivity index is 2.00. The van der Waals surface area contributed by atoms with E-state index in [1.807, 2.05) is 18.2 Å². The number of benzene rings is 1. The van der Waals surface area contributed by atoms with E-state index in [9.17, 15) is 0 Å². The number of para-hydroxylation sites is 1. The highest BCUT2D eigenvalue weighted by molar-refractivity contribution is 7.07. The van der Waals surface area contributed by atoms with Crippen molar-refractivity contribution in [2.24, 2.45) is 4.99 Å². The standard InChI is InChI=1S/C16H20N2S/c1-13-12-19-16(17-14-8-4-2-5-9-14)18(13)15-10-6-3-7-11-15/h2,4-5,8-9,12,15H,3,6-7,10-11H2,1H3. The van der Waals surface area contributed by atoms with Gasteiger partial charge in [-0.15, -0.1) is 11.3 Å². The smallest absolute Gasteiger partial charge is 0.190 e. The van der Waals surface area contributed by atoms with E-state index in [2.05, 4.69) is 29.0 Å². The average Bonchev–Trinajstić information content (AvgIpc) is 2.82. The molecule has 3 rings (SSSR count). The Morgan fingerprint density at radius 3 is 2.58 bits per heavy atom. The average molecular weight is 272 g/mol. The van der Waals surface area contributed by atoms with Crippen molar-refractivity contribution in [3.8, 4) is 0 Å². The van der Waals surface area contributed by atoms with Crippen LogP contribution in [0.3, 0.4) is 0 Å². The van der Waals surface area contributed by atoms with Gasteiger partial charge in [0.1, 0.15) is 0 Å². The quantitative estimate of drug-likeness (QED) is 0.760. The molecule has 1 aromatic heterocycles. The van der Waals surface area contributed by atoms with Gasteiger partial charge in [-0.2, -0.15) is 0 Å². The molecule has 0 spiro atoms. The molecule has 0 saturated heterocycles. The van der Waals surface area contributed by atoms with Crippen LogP contribution in [0, 0.1) is 6.92 Å². The van der Waals surface area contributed by atoms with Gasteiger partial charge in [0.15, 0.2) is 4.80 Å². The molecule has 3 heteroatoms. The van der Waals surface area contributed by atoms with Gasteiger partial charge in [-0.05, 0) is 31.9 Å². The molecule has 0 aliphatic heterocycles. The summed E-state index contributed by atoms with van der Waals surface area (Å²) in [5, 5.41) is 2.23. The minimum atomic E-state index is 0.655. The summed E-state index contributed by atoms with van der Waals surface area (Å²) in [5.74, 6) is 0. The predicted molar refractivity (Wildman–Crippen MR) is 80.8 cm³/mol. The van der Waals surface area contributed by atoms with Crippen molar-refractivity contribution >= 4 is 17.0 Å². The molecule has 1 fully saturated rings. The first-order valence-electron chi connectivity index (χ1n) is 7.11. The molecule has 19 heavy (non-hydrogen) atoms. The van der Waals surface area contributed by atoms with Crippen LogP contribution in [-0.4, -0.2) is 4.57 Å². The van der Waals surface area contributed by atoms with E-state index in [4.69, 9.17) is 4.99 Å². The van der Waals surface area contributed by atoms with Crippen molar-refractivity contribution in [1.82, 2.24) is 4.57 Å². The summed E-state index contributed by atoms with van der Waals surface area (Å²) >= 11 is 1.76. The minimum Gasteiger partial charge on any atom is -0.318 e. The summed E-state index contributed by atoms with van der Waals surface area (Å²) in [5.41, 5.74) is 2.40. The molecule has 2 nitrogen and oxygen atoms in total. The topological polar surface area (TPSA) is 17.3 Å². The molecule has 100 valence electrons. The van der Waals surface area contributed by atoms with Crippen molar-refractivity contribution in [3.05, 3.63) is 46.2 Å². The zero-order valence-corrected chi connectivity index (χ0v) is 12.2. The zero-order valence-electron chi connectivity index (χ0n) is 11.4. The maximum absolute atomic E-state index is 4.82. The van der Waals surface area contributed by atoms with Gasteiger partial charge in [0.05, 0.1) is 5.69 Å². The highest BCUT2D eigenvalue weighted by Crippen LogP contribution is 2.28. The van der Waals surface area contributed by atoms with E-state index in [0.29, 0.717) is 6.04 Å². The molecule has 0 N–H and O–H groups in total. The SMILES string of the molecule is Cc1csc(=Nc2ccccc2)n1C1CCCCC1. The van der Waals surface area contributed by atoms with Crippen LogP contribution in [0.5, 0.6) is 0 Å². The first-order chi connectivity index (χ1) is 9.34. The summed E-state index contributed by atoms with van der Waals surface area (Å²) in [6.07, 6.45) is 6.72. The van der Waals surface area contributed by atoms with E-state index in [1.54, 1.807) is 11.3 Å². The van der Waals surface area contributed by atoms with E-state index >= 15 is 0 Å². The molecule has 1 saturated carbocycles. The second-order valence-corrected chi connectivity index (χ2v) is 6.11. The number of aryl methyl sites for hydroxylation is 1. The number of hydrogen-bond donors (Lipinski definition) is 0. The second kappa shape index (κ2) is 5.74. The highest BCUT2D eigenvalue weighted by atomic mass is 32.1. The van der Waals surface area contributed by atoms with Gasteiger partial charge in [0.25, 0.3) is 0 Å². The van der Waals surface area contributed by atoms with Crippen LogP contribution < -0.4 is 4.80 Å². The van der Waals surface area contributed by atoms with E-state index in [0.717, 1.165) is 10.5 Å². The fraction of sp³-hybridized carbons (Fsp3) is 0.438. The Morgan fingerprint density at radius 1 is 1.11 bits per heavy atom. The summed E-state index contributed by atoms with van der Waals surface area (Å²) < 4.78 is 2.46. The van der Waals surface area contributed by atoms with Crippen LogP contribution in [0.2, 0.25) is 0 Å². The third-order valence-electron chi connectivity index (χ3n) is 3.84. The van der Waals surface area contributed by atoms with Gasteiger partial charge in [0, 0.05) is 17.1 Å². The first-order valence-corrected chi connectivity index (χ1v) is 7.99. The van der Waals surface area contributed by atoms with Crippen LogP contribution >= 0.6 is 11.3 Å². The van der Waals surface area contributed by atoms with Gasteiger partial charge in [-0.1, -0.05) is 37.5 Å². The van der Waals surface area contributed by atoms with Crippen molar-refractivity contribution in [1.29, 1.82) is 0 Å². The molecular weight excluding hydrogens is 252 g/mol. The monoisotopic (exact) mass is 272 g/mol. The van der Waals surface area contributed by atoms with Crippen molar-refractivity contribution in [3.63, 3.8) is 0 Å². The molecule has 0 radical (unpaired) electrons. The lowest BCUT2D eigenvalue weighted by Gasteiger charge is -2.24. The number of rotatable bonds is 2. The van der Waals surface area contributed by atoms with Crippen LogP contribution in [0.25, 0.3) is 0 Å². The second-order valence-electron chi connectivity index (χ2n) is 5.27. The largest absolute Gasteiger partial charge is 0.318 e. The lowest BCUT2D eigenvalue weighted by Crippen LogP contribution is -2.23. The fourth-order valence-electron chi connectivity index (χ4n) is 2.88. The van der Waals surface area contributed by atoms with E-state index in [-0.39, 0.29) is 0 Å². The van der Waals surface area contributed by atoms with Gasteiger partial charge < -0.3 is 4.57 Å². The third-order valence-corrected chi connectivity index (χ3v) is 4.80. The van der Waals surface area contributed by atoms with Crippen molar-refractivity contribution < 1.29 is 0 Å². The first kappa shape index (κ1) is 12.7. The van der Waals surface area contributed by atoms with Crippen LogP contribution in [0.4, 0.5) is 5.69 Å². The van der Waals surface area contributed by atoms with Gasteiger partial charge in [-0.25, -0.2) is 4.99 Å². The highest BCUT2D eigenvalue weighted by Gasteiger charge is 2.17. The van der Waals surface area contributed by atoms with Crippen LogP contribution in [-0.2, 0) is 0 Å². The van der Waals surface area contributed by atoms with E-state index in [1.165, 1.54) is 37.8 Å². The molecule has 1 heterocycles. The Hall–Kier alpha value is -1.35. The lowest BCUT2D eigenvalue weighted by molar-refractivity contribution is 0.344. The normalized spacial score (nSPS) is 17.8. The molecule has 0 amide bonds. The fourth-order valence-corrected chi connectivity index (χ4v) is 3.83. The molecule has 2 aromatic rings. The van der Waals surface area contributed by atoms with Gasteiger partial charge in [-0.3, -0.25) is 0 Å². The molecule has 0 bridgehead atoms. The molecule has 0 atom stereocenters. The predicted octanol–water partition coefficient (Wildman–Crippen LogP) is 4.60. The number of thiazole rings is 1. The molecular formula is C16H20N2S. The Morgan fingerprint density at radius 2 is 1.84 bits per heavy atom. The summed E-state index contributed by atoms with van der Waals surface area (Å²) in [6.45, 7) is 2.20. The summed E-state index contributed by atoms with van der Waals surface area (Å²) in [7, 11) is 0. The zero-order chi connectivity index (χ0) is 13.1. The molecule has 1 aromatic carbocycles. The molecule has 1 aliphatic carbocycles. The third kappa shape index (κ3) is 2.81. The van der Waals surface area contributed by atoms with E-state index < -0.39 is 0 Å². The Labute approximate surface area is 118 Å². The Kier molecular flexibility index (Phi) is 3.83. The van der Waals surface area contributed by atoms with Crippen LogP contribution in [0.15, 0.2) is 40.7 Å². The summed E-state index contributed by atoms with van der Waals surface area (Å²) in [6, 6.07) is 10.9. The molecule has 1 aliphatic rings. The van der Waals surface area contributed by atoms with Crippen LogP contribution in [0.1, 0.15) is 43.8 Å². The molecule has 0 unspecified atom stereocenters. The summed E-state index contributed by atoms with van der Waals surface area (Å²) in [4.78, 5) is 5.97. The van der Waals surface area contributed by atoms with Crippen molar-refractivity contribution in [2.75, 3.05) is 0 Å². The number of aromatic nitrogens is 1. The number of hydrogen-bond acceptors (Lipinski definition) is 2. The van der Waals surface area contributed by atoms with Gasteiger partial charge >= 0.3 is 0 Å². The minimum absolute atomic E-state index is 0.655.